The van der Waals surface area contributed by atoms with Crippen LogP contribution >= 0.6 is 0 Å². The molecule has 0 radical (unpaired) electrons. The van der Waals surface area contributed by atoms with E-state index in [9.17, 15) is 19.8 Å². The molecule has 0 amide bonds. The van der Waals surface area contributed by atoms with Gasteiger partial charge in [0, 0.05) is 40.6 Å². The lowest BCUT2D eigenvalue weighted by Gasteiger charge is -2.56. The first-order valence-electron chi connectivity index (χ1n) is 23.1. The van der Waals surface area contributed by atoms with Crippen molar-refractivity contribution in [3.05, 3.63) is 142 Å². The van der Waals surface area contributed by atoms with Crippen molar-refractivity contribution in [1.82, 2.24) is 20.3 Å². The lowest BCUT2D eigenvalue weighted by molar-refractivity contribution is -0.187. The number of allylic oxidation sites excluding steroid dienone is 2. The number of ketones is 2. The molecule has 368 valence electrons. The third kappa shape index (κ3) is 11.7. The van der Waals surface area contributed by atoms with Crippen LogP contribution in [0.2, 0.25) is 0 Å². The minimum absolute atomic E-state index is 0.0206. The van der Waals surface area contributed by atoms with Crippen molar-refractivity contribution in [2.45, 2.75) is 84.8 Å². The summed E-state index contributed by atoms with van der Waals surface area (Å²) in [5.41, 5.74) is 12.7. The van der Waals surface area contributed by atoms with E-state index in [4.69, 9.17) is 34.0 Å². The molecule has 2 heterocycles. The highest BCUT2D eigenvalue weighted by molar-refractivity contribution is 5.97. The molecule has 1 saturated carbocycles. The van der Waals surface area contributed by atoms with Gasteiger partial charge < -0.3 is 44.0 Å². The van der Waals surface area contributed by atoms with Gasteiger partial charge in [0.05, 0.1) is 46.3 Å². The van der Waals surface area contributed by atoms with Crippen molar-refractivity contribution in [3.63, 3.8) is 0 Å². The van der Waals surface area contributed by atoms with Crippen LogP contribution in [0.15, 0.2) is 108 Å². The topological polar surface area (TPSA) is 209 Å². The molecule has 1 aliphatic heterocycles. The number of aliphatic hydroxyl groups excluding tert-OH is 2. The summed E-state index contributed by atoms with van der Waals surface area (Å²) in [4.78, 5) is 26.0. The Balaban J connectivity index is 1.18. The van der Waals surface area contributed by atoms with E-state index in [-0.39, 0.29) is 49.5 Å². The number of rotatable bonds is 21. The van der Waals surface area contributed by atoms with Gasteiger partial charge in [-0.05, 0) is 123 Å². The fourth-order valence-electron chi connectivity index (χ4n) is 9.14. The van der Waals surface area contributed by atoms with Crippen molar-refractivity contribution < 1.29 is 48.2 Å². The molecule has 4 atom stereocenters. The number of hydrogen-bond acceptors (Lipinski definition) is 15. The average Bonchev–Trinajstić information content (AvgIpc) is 3.81. The number of Topliss-reactive ketones (excluding diaryl/α,β-unsaturated/α-hetero) is 2. The van der Waals surface area contributed by atoms with E-state index in [1.807, 2.05) is 65.0 Å². The number of methoxy groups -OCH3 is 3. The maximum Gasteiger partial charge on any atom is 0.184 e. The summed E-state index contributed by atoms with van der Waals surface area (Å²) in [6.07, 6.45) is 8.63. The fourth-order valence-corrected chi connectivity index (χ4v) is 9.14. The third-order valence-electron chi connectivity index (χ3n) is 13.0. The summed E-state index contributed by atoms with van der Waals surface area (Å²) in [5, 5.41) is 37.0. The average molecular weight is 955 g/mol. The molecular formula is C54H62N6O10. The monoisotopic (exact) mass is 954 g/mol. The number of aromatic nitrogens is 3. The van der Waals surface area contributed by atoms with Gasteiger partial charge in [-0.25, -0.2) is 10.2 Å². The number of carbonyl (C=O) groups excluding carboxylic acids is 2. The lowest BCUT2D eigenvalue weighted by atomic mass is 9.57. The molecule has 1 aromatic heterocycles. The Morgan fingerprint density at radius 3 is 2.10 bits per heavy atom. The standard InChI is InChI=1S/C54H62N6O10/c1-33(2)9-20-43-47(68-31-39(57-55)27-56-28-45(62)36-12-16-41(65-6)17-13-36)22-35(23-48(43)69-32-40-29-60(59-58-40)30-46(63)37-14-18-42(66-7)19-15-37)11-10-34-21-38-25-50-53(3,4)52(64)44(61)26-54(50,5)70-51(38)49(24-34)67-8/h9-19,21-24,27,29,44,50,52,55-56,61,64H,20,25-26,28,30-32H2,1-8H3/b11-10+,39-27-,57-55?/t44-,50-,52-,54-/m1/s1. The molecule has 4 aromatic carbocycles. The number of nitrogens with one attached hydrogen (secondary N) is 2. The van der Waals surface area contributed by atoms with Crippen LogP contribution in [0.3, 0.4) is 0 Å². The van der Waals surface area contributed by atoms with Crippen LogP contribution in [0.5, 0.6) is 34.5 Å². The van der Waals surface area contributed by atoms with E-state index in [1.165, 1.54) is 10.9 Å². The summed E-state index contributed by atoms with van der Waals surface area (Å²) < 4.78 is 37.5. The predicted octanol–water partition coefficient (Wildman–Crippen LogP) is 8.63. The van der Waals surface area contributed by atoms with Gasteiger partial charge in [-0.3, -0.25) is 9.59 Å². The minimum Gasteiger partial charge on any atom is -0.497 e. The third-order valence-corrected chi connectivity index (χ3v) is 13.0. The molecule has 1 aliphatic carbocycles. The van der Waals surface area contributed by atoms with E-state index < -0.39 is 23.2 Å². The van der Waals surface area contributed by atoms with Crippen LogP contribution in [0.25, 0.3) is 12.2 Å². The van der Waals surface area contributed by atoms with Gasteiger partial charge in [-0.1, -0.05) is 42.9 Å². The second-order valence-electron chi connectivity index (χ2n) is 18.7. The van der Waals surface area contributed by atoms with E-state index >= 15 is 0 Å². The molecule has 70 heavy (non-hydrogen) atoms. The van der Waals surface area contributed by atoms with Crippen molar-refractivity contribution in [2.24, 2.45) is 16.4 Å². The molecule has 0 unspecified atom stereocenters. The van der Waals surface area contributed by atoms with Crippen molar-refractivity contribution in [3.8, 4) is 34.5 Å². The zero-order valence-electron chi connectivity index (χ0n) is 40.9. The number of aliphatic hydroxyl groups is 2. The van der Waals surface area contributed by atoms with Crippen LogP contribution in [0, 0.1) is 16.9 Å². The number of fused-ring (bicyclic) bond motifs is 2. The molecule has 16 nitrogen and oxygen atoms in total. The van der Waals surface area contributed by atoms with Crippen LogP contribution in [-0.2, 0) is 26.0 Å². The van der Waals surface area contributed by atoms with E-state index in [0.29, 0.717) is 70.6 Å². The summed E-state index contributed by atoms with van der Waals surface area (Å²) in [5.74, 6) is 3.07. The van der Waals surface area contributed by atoms with Crippen molar-refractivity contribution >= 4 is 23.7 Å². The van der Waals surface area contributed by atoms with Crippen molar-refractivity contribution in [2.75, 3.05) is 34.5 Å². The molecular weight excluding hydrogens is 893 g/mol. The first-order valence-corrected chi connectivity index (χ1v) is 23.1. The molecule has 7 rings (SSSR count). The van der Waals surface area contributed by atoms with Gasteiger partial charge in [0.25, 0.3) is 0 Å². The number of carbonyl (C=O) groups is 2. The van der Waals surface area contributed by atoms with Gasteiger partial charge in [0.1, 0.15) is 59.7 Å². The first-order chi connectivity index (χ1) is 33.5. The summed E-state index contributed by atoms with van der Waals surface area (Å²) in [6, 6.07) is 21.5. The Bertz CT molecular complexity index is 2780. The second-order valence-corrected chi connectivity index (χ2v) is 18.7. The first kappa shape index (κ1) is 50.6. The molecule has 0 bridgehead atoms. The Morgan fingerprint density at radius 1 is 0.871 bits per heavy atom. The molecule has 0 saturated heterocycles. The molecule has 0 spiro atoms. The highest BCUT2D eigenvalue weighted by atomic mass is 16.5. The van der Waals surface area contributed by atoms with Crippen LogP contribution in [0.4, 0.5) is 0 Å². The zero-order valence-corrected chi connectivity index (χ0v) is 40.9. The SMILES string of the molecule is COc1ccc(C(=O)CN/C=C(/COc2cc(/C=C/c3cc4c(c(OC)c3)O[C@]3(C)C[C@@H](O)[C@@H](O)C(C)(C)[C@H]3C4)cc(OCc3cn(CC(=O)c4ccc(OC)cc4)nn3)c2CC=C(C)C)N=N)cc1. The predicted molar refractivity (Wildman–Crippen MR) is 264 cm³/mol. The maximum atomic E-state index is 13.1. The Kier molecular flexibility index (Phi) is 15.9. The van der Waals surface area contributed by atoms with Gasteiger partial charge in [-0.2, -0.15) is 5.11 Å². The molecule has 16 heteroatoms. The van der Waals surface area contributed by atoms with Crippen molar-refractivity contribution in [1.29, 1.82) is 5.53 Å². The number of hydrogen-bond donors (Lipinski definition) is 4. The Morgan fingerprint density at radius 2 is 1.49 bits per heavy atom. The molecule has 1 fully saturated rings. The maximum absolute atomic E-state index is 13.1. The Labute approximate surface area is 408 Å². The van der Waals surface area contributed by atoms with E-state index in [2.05, 4.69) is 32.9 Å². The molecule has 5 aromatic rings. The van der Waals surface area contributed by atoms with Crippen LogP contribution in [0.1, 0.15) is 89.7 Å². The highest BCUT2D eigenvalue weighted by Gasteiger charge is 2.58. The van der Waals surface area contributed by atoms with Gasteiger partial charge in [-0.15, -0.1) is 5.10 Å². The lowest BCUT2D eigenvalue weighted by Crippen LogP contribution is -2.63. The van der Waals surface area contributed by atoms with Gasteiger partial charge in [0.2, 0.25) is 0 Å². The van der Waals surface area contributed by atoms with Gasteiger partial charge >= 0.3 is 0 Å². The smallest absolute Gasteiger partial charge is 0.184 e. The van der Waals surface area contributed by atoms with E-state index in [0.717, 1.165) is 27.8 Å². The fraction of sp³-hybridized carbons (Fsp3) is 0.370. The molecule has 2 aliphatic rings. The van der Waals surface area contributed by atoms with Crippen LogP contribution in [-0.4, -0.2) is 89.1 Å². The quantitative estimate of drug-likeness (QED) is 0.0235. The van der Waals surface area contributed by atoms with Gasteiger partial charge in [0.15, 0.2) is 23.1 Å². The summed E-state index contributed by atoms with van der Waals surface area (Å²) in [7, 11) is 4.73. The normalized spacial score (nSPS) is 19.2. The van der Waals surface area contributed by atoms with Crippen LogP contribution < -0.4 is 33.7 Å². The summed E-state index contributed by atoms with van der Waals surface area (Å²) in [6.45, 7) is 9.82. The highest BCUT2D eigenvalue weighted by Crippen LogP contribution is 2.55. The number of nitrogens with zero attached hydrogens (tertiary/aromatic N) is 4. The zero-order chi connectivity index (χ0) is 50.2. The second kappa shape index (κ2) is 22.0. The summed E-state index contributed by atoms with van der Waals surface area (Å²) >= 11 is 0. The van der Waals surface area contributed by atoms with E-state index in [1.54, 1.807) is 76.1 Å². The number of ether oxygens (including phenoxy) is 6. The number of benzene rings is 4. The molecule has 4 N–H and O–H groups in total. The minimum atomic E-state index is -0.917. The Hall–Kier alpha value is -7.30. The largest absolute Gasteiger partial charge is 0.497 e.